The van der Waals surface area contributed by atoms with Crippen molar-refractivity contribution in [3.63, 3.8) is 0 Å². The van der Waals surface area contributed by atoms with Crippen molar-refractivity contribution in [3.8, 4) is 0 Å². The van der Waals surface area contributed by atoms with Gasteiger partial charge in [-0.05, 0) is 25.3 Å². The minimum Gasteiger partial charge on any atom is -0.294 e. The summed E-state index contributed by atoms with van der Waals surface area (Å²) in [6.45, 7) is 3.93. The Morgan fingerprint density at radius 1 is 1.67 bits per heavy atom. The van der Waals surface area contributed by atoms with Gasteiger partial charge in [-0.15, -0.1) is 0 Å². The fraction of sp³-hybridized carbons (Fsp3) is 0.625. The van der Waals surface area contributed by atoms with Gasteiger partial charge in [0.2, 0.25) is 0 Å². The van der Waals surface area contributed by atoms with Crippen LogP contribution in [0.1, 0.15) is 26.7 Å². The maximum absolute atomic E-state index is 11.1. The first-order valence-corrected chi connectivity index (χ1v) is 3.45. The van der Waals surface area contributed by atoms with Gasteiger partial charge in [-0.25, -0.2) is 0 Å². The van der Waals surface area contributed by atoms with Crippen LogP contribution in [0.3, 0.4) is 0 Å². The summed E-state index contributed by atoms with van der Waals surface area (Å²) in [6, 6.07) is 0. The van der Waals surface area contributed by atoms with E-state index in [4.69, 9.17) is 0 Å². The zero-order chi connectivity index (χ0) is 6.85. The summed E-state index contributed by atoms with van der Waals surface area (Å²) >= 11 is 0. The summed E-state index contributed by atoms with van der Waals surface area (Å²) in [6.07, 6.45) is 3.99. The summed E-state index contributed by atoms with van der Waals surface area (Å²) in [7, 11) is 0. The Labute approximate surface area is 55.8 Å². The highest BCUT2D eigenvalue weighted by Crippen LogP contribution is 2.25. The van der Waals surface area contributed by atoms with Crippen molar-refractivity contribution in [1.82, 2.24) is 0 Å². The van der Waals surface area contributed by atoms with Crippen molar-refractivity contribution in [2.45, 2.75) is 26.7 Å². The molecule has 9 heavy (non-hydrogen) atoms. The van der Waals surface area contributed by atoms with Crippen LogP contribution in [-0.4, -0.2) is 5.78 Å². The molecular weight excluding hydrogens is 112 g/mol. The van der Waals surface area contributed by atoms with Crippen molar-refractivity contribution < 1.29 is 4.79 Å². The molecule has 0 N–H and O–H groups in total. The fourth-order valence-corrected chi connectivity index (χ4v) is 1.23. The Bertz CT molecular complexity index is 156. The van der Waals surface area contributed by atoms with E-state index >= 15 is 0 Å². The predicted octanol–water partition coefficient (Wildman–Crippen LogP) is 1.93. The number of allylic oxidation sites excluding steroid dienone is 2. The molecule has 1 heteroatoms. The van der Waals surface area contributed by atoms with Crippen molar-refractivity contribution in [2.75, 3.05) is 0 Å². The van der Waals surface area contributed by atoms with Crippen LogP contribution in [0.5, 0.6) is 0 Å². The Morgan fingerprint density at radius 3 is 2.56 bits per heavy atom. The molecule has 1 fully saturated rings. The van der Waals surface area contributed by atoms with Crippen LogP contribution in [0.25, 0.3) is 0 Å². The highest BCUT2D eigenvalue weighted by atomic mass is 16.1. The molecular formula is C8H12O. The maximum Gasteiger partial charge on any atom is 0.161 e. The average Bonchev–Trinajstić information content (AvgIpc) is 2.15. The molecule has 0 amide bonds. The number of carbonyl (C=O) groups is 1. The number of carbonyl (C=O) groups excluding carboxylic acids is 1. The smallest absolute Gasteiger partial charge is 0.161 e. The number of hydrogen-bond acceptors (Lipinski definition) is 1. The van der Waals surface area contributed by atoms with Gasteiger partial charge in [-0.3, -0.25) is 4.79 Å². The van der Waals surface area contributed by atoms with Crippen molar-refractivity contribution in [2.24, 2.45) is 5.92 Å². The number of ketones is 1. The lowest BCUT2D eigenvalue weighted by Crippen LogP contribution is -2.01. The molecule has 1 atom stereocenters. The summed E-state index contributed by atoms with van der Waals surface area (Å²) < 4.78 is 0. The van der Waals surface area contributed by atoms with E-state index < -0.39 is 0 Å². The van der Waals surface area contributed by atoms with E-state index in [1.807, 2.05) is 19.9 Å². The van der Waals surface area contributed by atoms with Gasteiger partial charge in [0, 0.05) is 5.92 Å². The summed E-state index contributed by atoms with van der Waals surface area (Å²) in [5.74, 6) is 0.647. The van der Waals surface area contributed by atoms with E-state index in [2.05, 4.69) is 0 Å². The minimum atomic E-state index is 0.288. The zero-order valence-electron chi connectivity index (χ0n) is 5.98. The van der Waals surface area contributed by atoms with Gasteiger partial charge < -0.3 is 0 Å². The maximum atomic E-state index is 11.1. The van der Waals surface area contributed by atoms with Crippen molar-refractivity contribution >= 4 is 5.78 Å². The summed E-state index contributed by atoms with van der Waals surface area (Å²) in [5.41, 5.74) is 1.03. The van der Waals surface area contributed by atoms with E-state index in [1.165, 1.54) is 0 Å². The molecule has 1 unspecified atom stereocenters. The molecule has 0 bridgehead atoms. The zero-order valence-corrected chi connectivity index (χ0v) is 5.98. The van der Waals surface area contributed by atoms with Gasteiger partial charge in [0.25, 0.3) is 0 Å². The van der Waals surface area contributed by atoms with E-state index in [1.54, 1.807) is 0 Å². The van der Waals surface area contributed by atoms with Crippen LogP contribution in [0.15, 0.2) is 11.6 Å². The van der Waals surface area contributed by atoms with E-state index in [0.717, 1.165) is 18.4 Å². The second-order valence-corrected chi connectivity index (χ2v) is 2.62. The van der Waals surface area contributed by atoms with Gasteiger partial charge in [0.1, 0.15) is 0 Å². The van der Waals surface area contributed by atoms with E-state index in [0.29, 0.717) is 5.78 Å². The van der Waals surface area contributed by atoms with Crippen LogP contribution in [0, 0.1) is 5.92 Å². The van der Waals surface area contributed by atoms with Gasteiger partial charge in [0.15, 0.2) is 5.78 Å². The molecule has 1 saturated carbocycles. The molecule has 1 nitrogen and oxygen atoms in total. The predicted molar refractivity (Wildman–Crippen MR) is 37.2 cm³/mol. The Kier molecular flexibility index (Phi) is 1.70. The topological polar surface area (TPSA) is 17.1 Å². The minimum absolute atomic E-state index is 0.288. The van der Waals surface area contributed by atoms with Gasteiger partial charge in [-0.1, -0.05) is 13.0 Å². The lowest BCUT2D eigenvalue weighted by Gasteiger charge is -1.93. The van der Waals surface area contributed by atoms with E-state index in [-0.39, 0.29) is 5.92 Å². The molecule has 0 aromatic carbocycles. The molecule has 50 valence electrons. The number of rotatable bonds is 0. The van der Waals surface area contributed by atoms with Crippen LogP contribution in [0.2, 0.25) is 0 Å². The first kappa shape index (κ1) is 6.53. The Hall–Kier alpha value is -0.590. The van der Waals surface area contributed by atoms with Gasteiger partial charge in [-0.2, -0.15) is 0 Å². The summed E-state index contributed by atoms with van der Waals surface area (Å²) in [5, 5.41) is 0. The molecule has 1 aliphatic rings. The van der Waals surface area contributed by atoms with Gasteiger partial charge >= 0.3 is 0 Å². The number of Topliss-reactive ketones (excluding diaryl/α,β-unsaturated/α-hetero) is 1. The average molecular weight is 124 g/mol. The quantitative estimate of drug-likeness (QED) is 0.451. The highest BCUT2D eigenvalue weighted by molar-refractivity contribution is 5.98. The third kappa shape index (κ3) is 1.04. The van der Waals surface area contributed by atoms with E-state index in [9.17, 15) is 4.79 Å². The van der Waals surface area contributed by atoms with Crippen LogP contribution in [0.4, 0.5) is 0 Å². The van der Waals surface area contributed by atoms with Crippen molar-refractivity contribution in [3.05, 3.63) is 11.6 Å². The third-order valence-corrected chi connectivity index (χ3v) is 1.96. The normalized spacial score (nSPS) is 32.0. The van der Waals surface area contributed by atoms with Crippen LogP contribution in [-0.2, 0) is 4.79 Å². The largest absolute Gasteiger partial charge is 0.294 e. The molecule has 0 aromatic rings. The summed E-state index contributed by atoms with van der Waals surface area (Å²) in [4.78, 5) is 11.1. The lowest BCUT2D eigenvalue weighted by atomic mass is 10.1. The monoisotopic (exact) mass is 124 g/mol. The number of hydrogen-bond donors (Lipinski definition) is 0. The molecule has 0 heterocycles. The molecule has 0 aromatic heterocycles. The fourth-order valence-electron chi connectivity index (χ4n) is 1.23. The molecule has 0 radical (unpaired) electrons. The molecule has 0 aliphatic heterocycles. The highest BCUT2D eigenvalue weighted by Gasteiger charge is 2.23. The lowest BCUT2D eigenvalue weighted by molar-refractivity contribution is -0.117. The second kappa shape index (κ2) is 2.34. The van der Waals surface area contributed by atoms with Gasteiger partial charge in [0.05, 0.1) is 0 Å². The molecule has 0 saturated heterocycles. The van der Waals surface area contributed by atoms with Crippen molar-refractivity contribution in [1.29, 1.82) is 0 Å². The molecule has 0 spiro atoms. The Morgan fingerprint density at radius 2 is 2.33 bits per heavy atom. The first-order chi connectivity index (χ1) is 4.25. The SMILES string of the molecule is CC=C1CCC(C)C1=O. The van der Waals surface area contributed by atoms with Crippen LogP contribution >= 0.6 is 0 Å². The Balaban J connectivity index is 2.74. The second-order valence-electron chi connectivity index (χ2n) is 2.62. The first-order valence-electron chi connectivity index (χ1n) is 3.45. The molecule has 1 aliphatic carbocycles. The standard InChI is InChI=1S/C8H12O/c1-3-7-5-4-6(2)8(7)9/h3,6H,4-5H2,1-2H3. The third-order valence-electron chi connectivity index (χ3n) is 1.96. The molecule has 1 rings (SSSR count). The van der Waals surface area contributed by atoms with Crippen LogP contribution < -0.4 is 0 Å².